The third-order valence-corrected chi connectivity index (χ3v) is 3.47. The molecule has 0 aliphatic carbocycles. The lowest BCUT2D eigenvalue weighted by Gasteiger charge is -2.12. The van der Waals surface area contributed by atoms with Gasteiger partial charge in [-0.15, -0.1) is 0 Å². The van der Waals surface area contributed by atoms with E-state index in [9.17, 15) is 4.39 Å². The highest BCUT2D eigenvalue weighted by Crippen LogP contribution is 2.26. The Kier molecular flexibility index (Phi) is 5.13. The number of rotatable bonds is 7. The molecule has 3 aromatic rings. The van der Waals surface area contributed by atoms with E-state index in [1.54, 1.807) is 26.2 Å². The summed E-state index contributed by atoms with van der Waals surface area (Å²) in [7, 11) is 1.60. The Morgan fingerprint density at radius 2 is 2.08 bits per heavy atom. The van der Waals surface area contributed by atoms with Crippen LogP contribution in [0.3, 0.4) is 0 Å². The molecule has 0 radical (unpaired) electrons. The van der Waals surface area contributed by atoms with Gasteiger partial charge in [0.25, 0.3) is 0 Å². The minimum atomic E-state index is -0.329. The monoisotopic (exact) mass is 343 g/mol. The van der Waals surface area contributed by atoms with Crippen molar-refractivity contribution >= 4 is 5.69 Å². The number of hydrogen-bond acceptors (Lipinski definition) is 6. The van der Waals surface area contributed by atoms with Crippen molar-refractivity contribution < 1.29 is 18.4 Å². The molecule has 3 rings (SSSR count). The predicted octanol–water partition coefficient (Wildman–Crippen LogP) is 3.72. The number of aryl methyl sites for hydroxylation is 1. The van der Waals surface area contributed by atoms with Crippen molar-refractivity contribution in [2.75, 3.05) is 12.4 Å². The number of aromatic nitrogens is 2. The number of anilines is 1. The maximum atomic E-state index is 13.2. The number of halogens is 1. The first kappa shape index (κ1) is 16.8. The third kappa shape index (κ3) is 4.47. The molecule has 6 nitrogen and oxygen atoms in total. The summed E-state index contributed by atoms with van der Waals surface area (Å²) < 4.78 is 29.2. The summed E-state index contributed by atoms with van der Waals surface area (Å²) in [6.07, 6.45) is 0. The molecule has 0 fully saturated rings. The highest BCUT2D eigenvalue weighted by atomic mass is 19.1. The highest BCUT2D eigenvalue weighted by Gasteiger charge is 2.08. The number of methoxy groups -OCH3 is 1. The van der Waals surface area contributed by atoms with Crippen molar-refractivity contribution in [3.05, 3.63) is 65.6 Å². The van der Waals surface area contributed by atoms with E-state index in [2.05, 4.69) is 15.5 Å². The molecule has 0 aliphatic heterocycles. The second kappa shape index (κ2) is 7.65. The van der Waals surface area contributed by atoms with Crippen LogP contribution in [-0.2, 0) is 13.2 Å². The van der Waals surface area contributed by atoms with E-state index in [-0.39, 0.29) is 5.82 Å². The molecule has 1 heterocycles. The second-order valence-electron chi connectivity index (χ2n) is 5.37. The first-order valence-electron chi connectivity index (χ1n) is 7.72. The summed E-state index contributed by atoms with van der Waals surface area (Å²) in [5.74, 6) is 1.91. The van der Waals surface area contributed by atoms with Gasteiger partial charge in [-0.1, -0.05) is 17.3 Å². The molecular weight excluding hydrogens is 325 g/mol. The Hall–Kier alpha value is -3.09. The number of ether oxygens (including phenoxy) is 2. The predicted molar refractivity (Wildman–Crippen MR) is 90.1 cm³/mol. The van der Waals surface area contributed by atoms with Crippen LogP contribution in [0.1, 0.15) is 17.3 Å². The first-order valence-corrected chi connectivity index (χ1v) is 7.72. The fourth-order valence-corrected chi connectivity index (χ4v) is 2.29. The quantitative estimate of drug-likeness (QED) is 0.705. The minimum absolute atomic E-state index is 0.307. The molecule has 0 saturated carbocycles. The van der Waals surface area contributed by atoms with Gasteiger partial charge < -0.3 is 19.3 Å². The second-order valence-corrected chi connectivity index (χ2v) is 5.37. The van der Waals surface area contributed by atoms with Crippen LogP contribution in [0, 0.1) is 12.7 Å². The van der Waals surface area contributed by atoms with E-state index >= 15 is 0 Å². The topological polar surface area (TPSA) is 69.4 Å². The summed E-state index contributed by atoms with van der Waals surface area (Å²) in [5.41, 5.74) is 1.69. The Morgan fingerprint density at radius 3 is 2.80 bits per heavy atom. The maximum absolute atomic E-state index is 13.2. The number of nitrogens with zero attached hydrogens (tertiary/aromatic N) is 2. The molecule has 0 amide bonds. The Labute approximate surface area is 144 Å². The first-order chi connectivity index (χ1) is 12.1. The lowest BCUT2D eigenvalue weighted by molar-refractivity contribution is 0.304. The number of benzene rings is 2. The molecule has 25 heavy (non-hydrogen) atoms. The van der Waals surface area contributed by atoms with Crippen LogP contribution in [0.25, 0.3) is 0 Å². The Bertz CT molecular complexity index is 851. The molecule has 0 saturated heterocycles. The number of hydrogen-bond donors (Lipinski definition) is 1. The van der Waals surface area contributed by atoms with Gasteiger partial charge in [0.05, 0.1) is 19.3 Å². The van der Waals surface area contributed by atoms with E-state index < -0.39 is 0 Å². The molecule has 0 atom stereocenters. The molecule has 0 bridgehead atoms. The van der Waals surface area contributed by atoms with Crippen molar-refractivity contribution in [2.24, 2.45) is 0 Å². The molecule has 7 heteroatoms. The van der Waals surface area contributed by atoms with Gasteiger partial charge in [0.1, 0.15) is 23.9 Å². The summed E-state index contributed by atoms with van der Waals surface area (Å²) in [5, 5.41) is 6.96. The SMILES string of the molecule is COc1ccc(COc2cccc(F)c2)cc1NCc1nc(C)no1. The summed E-state index contributed by atoms with van der Waals surface area (Å²) >= 11 is 0. The maximum Gasteiger partial charge on any atom is 0.245 e. The van der Waals surface area contributed by atoms with Gasteiger partial charge in [0, 0.05) is 6.07 Å². The molecular formula is C18H18FN3O3. The van der Waals surface area contributed by atoms with Crippen LogP contribution < -0.4 is 14.8 Å². The zero-order valence-corrected chi connectivity index (χ0v) is 14.0. The van der Waals surface area contributed by atoms with Gasteiger partial charge >= 0.3 is 0 Å². The van der Waals surface area contributed by atoms with E-state index in [0.717, 1.165) is 11.3 Å². The molecule has 0 spiro atoms. The summed E-state index contributed by atoms with van der Waals surface area (Å²) in [6.45, 7) is 2.45. The van der Waals surface area contributed by atoms with E-state index in [1.165, 1.54) is 12.1 Å². The van der Waals surface area contributed by atoms with Crippen molar-refractivity contribution in [1.82, 2.24) is 10.1 Å². The van der Waals surface area contributed by atoms with Crippen LogP contribution in [0.5, 0.6) is 11.5 Å². The summed E-state index contributed by atoms with van der Waals surface area (Å²) in [6, 6.07) is 11.7. The smallest absolute Gasteiger partial charge is 0.245 e. The Morgan fingerprint density at radius 1 is 1.20 bits per heavy atom. The number of nitrogens with one attached hydrogen (secondary N) is 1. The van der Waals surface area contributed by atoms with Gasteiger partial charge in [-0.3, -0.25) is 0 Å². The highest BCUT2D eigenvalue weighted by molar-refractivity contribution is 5.58. The van der Waals surface area contributed by atoms with Crippen molar-refractivity contribution in [1.29, 1.82) is 0 Å². The zero-order valence-electron chi connectivity index (χ0n) is 14.0. The molecule has 0 aliphatic rings. The van der Waals surface area contributed by atoms with Crippen LogP contribution in [0.15, 0.2) is 47.0 Å². The normalized spacial score (nSPS) is 10.5. The van der Waals surface area contributed by atoms with Crippen LogP contribution in [0.2, 0.25) is 0 Å². The summed E-state index contributed by atoms with van der Waals surface area (Å²) in [4.78, 5) is 4.15. The van der Waals surface area contributed by atoms with Crippen LogP contribution >= 0.6 is 0 Å². The van der Waals surface area contributed by atoms with Crippen LogP contribution in [0.4, 0.5) is 10.1 Å². The molecule has 1 N–H and O–H groups in total. The van der Waals surface area contributed by atoms with Gasteiger partial charge in [-0.05, 0) is 36.8 Å². The van der Waals surface area contributed by atoms with Gasteiger partial charge in [0.2, 0.25) is 5.89 Å². The molecule has 130 valence electrons. The fourth-order valence-electron chi connectivity index (χ4n) is 2.29. The molecule has 1 aromatic heterocycles. The fraction of sp³-hybridized carbons (Fsp3) is 0.222. The van der Waals surface area contributed by atoms with Crippen molar-refractivity contribution in [2.45, 2.75) is 20.1 Å². The lowest BCUT2D eigenvalue weighted by Crippen LogP contribution is -2.03. The van der Waals surface area contributed by atoms with Crippen molar-refractivity contribution in [3.63, 3.8) is 0 Å². The average Bonchev–Trinajstić information content (AvgIpc) is 3.03. The average molecular weight is 343 g/mol. The third-order valence-electron chi connectivity index (χ3n) is 3.47. The van der Waals surface area contributed by atoms with E-state index in [4.69, 9.17) is 14.0 Å². The van der Waals surface area contributed by atoms with E-state index in [0.29, 0.717) is 36.4 Å². The molecule has 0 unspecified atom stereocenters. The van der Waals surface area contributed by atoms with Gasteiger partial charge in [-0.2, -0.15) is 4.98 Å². The van der Waals surface area contributed by atoms with Gasteiger partial charge in [0.15, 0.2) is 5.82 Å². The lowest BCUT2D eigenvalue weighted by atomic mass is 10.2. The molecule has 2 aromatic carbocycles. The van der Waals surface area contributed by atoms with Gasteiger partial charge in [-0.25, -0.2) is 4.39 Å². The largest absolute Gasteiger partial charge is 0.495 e. The minimum Gasteiger partial charge on any atom is -0.495 e. The zero-order chi connectivity index (χ0) is 17.6. The van der Waals surface area contributed by atoms with Crippen LogP contribution in [-0.4, -0.2) is 17.3 Å². The Balaban J connectivity index is 1.68. The van der Waals surface area contributed by atoms with Crippen molar-refractivity contribution in [3.8, 4) is 11.5 Å². The van der Waals surface area contributed by atoms with E-state index in [1.807, 2.05) is 18.2 Å². The standard InChI is InChI=1S/C18H18FN3O3/c1-12-21-18(25-22-12)10-20-16-8-13(6-7-17(16)23-2)11-24-15-5-3-4-14(19)9-15/h3-9,20H,10-11H2,1-2H3.